The summed E-state index contributed by atoms with van der Waals surface area (Å²) in [6.45, 7) is 4.48. The number of hydrogen-bond acceptors (Lipinski definition) is 3. The van der Waals surface area contributed by atoms with E-state index in [0.717, 1.165) is 11.3 Å². The quantitative estimate of drug-likeness (QED) is 0.518. The minimum Gasteiger partial charge on any atom is -0.337 e. The molecule has 0 spiro atoms. The predicted octanol–water partition coefficient (Wildman–Crippen LogP) is 5.46. The highest BCUT2D eigenvalue weighted by Gasteiger charge is 2.43. The number of benzene rings is 3. The highest BCUT2D eigenvalue weighted by molar-refractivity contribution is 6.48. The third-order valence-corrected chi connectivity index (χ3v) is 5.47. The molecule has 0 fully saturated rings. The Labute approximate surface area is 181 Å². The van der Waals surface area contributed by atoms with E-state index in [4.69, 9.17) is 11.6 Å². The first-order valence-electron chi connectivity index (χ1n) is 9.80. The van der Waals surface area contributed by atoms with Crippen LogP contribution in [-0.4, -0.2) is 18.4 Å². The number of para-hydroxylation sites is 2. The topological polar surface area (TPSA) is 40.6 Å². The number of carbonyl (C=O) groups excluding carboxylic acids is 2. The van der Waals surface area contributed by atoms with Crippen LogP contribution < -0.4 is 9.80 Å². The van der Waals surface area contributed by atoms with Crippen molar-refractivity contribution >= 4 is 40.4 Å². The van der Waals surface area contributed by atoms with Crippen molar-refractivity contribution in [3.63, 3.8) is 0 Å². The summed E-state index contributed by atoms with van der Waals surface area (Å²) in [5.74, 6) is -0.754. The van der Waals surface area contributed by atoms with Crippen LogP contribution in [0.1, 0.15) is 18.1 Å². The molecular formula is C25H21ClN2O2. The molecule has 3 aromatic rings. The lowest BCUT2D eigenvalue weighted by atomic mass is 10.0. The number of carbonyl (C=O) groups is 2. The second kappa shape index (κ2) is 8.17. The third kappa shape index (κ3) is 3.40. The Morgan fingerprint density at radius 3 is 2.10 bits per heavy atom. The van der Waals surface area contributed by atoms with Crippen molar-refractivity contribution in [2.75, 3.05) is 16.3 Å². The summed E-state index contributed by atoms with van der Waals surface area (Å²) in [7, 11) is 0. The van der Waals surface area contributed by atoms with E-state index in [1.165, 1.54) is 4.90 Å². The van der Waals surface area contributed by atoms with Crippen LogP contribution in [0.5, 0.6) is 0 Å². The fourth-order valence-electron chi connectivity index (χ4n) is 3.68. The first kappa shape index (κ1) is 19.9. The Morgan fingerprint density at radius 2 is 1.47 bits per heavy atom. The second-order valence-corrected chi connectivity index (χ2v) is 7.47. The second-order valence-electron chi connectivity index (χ2n) is 7.07. The standard InChI is InChI=1S/C25H21ClN2O2/c1-3-27(19-9-5-4-6-10-19)23-22(18-15-13-17(2)14-16-18)24(29)28(25(23)30)21-12-8-7-11-20(21)26/h4-16H,3H2,1-2H3. The number of aryl methyl sites for hydroxylation is 1. The van der Waals surface area contributed by atoms with E-state index in [-0.39, 0.29) is 11.8 Å². The normalized spacial score (nSPS) is 13.9. The molecule has 2 amide bonds. The fourth-order valence-corrected chi connectivity index (χ4v) is 3.90. The summed E-state index contributed by atoms with van der Waals surface area (Å²) in [4.78, 5) is 30.3. The van der Waals surface area contributed by atoms with Crippen molar-refractivity contribution in [1.82, 2.24) is 0 Å². The number of halogens is 1. The first-order chi connectivity index (χ1) is 14.5. The van der Waals surface area contributed by atoms with Gasteiger partial charge in [0.05, 0.1) is 16.3 Å². The Morgan fingerprint density at radius 1 is 0.833 bits per heavy atom. The first-order valence-corrected chi connectivity index (χ1v) is 10.2. The van der Waals surface area contributed by atoms with E-state index in [2.05, 4.69) is 0 Å². The molecule has 0 saturated heterocycles. The number of rotatable bonds is 5. The van der Waals surface area contributed by atoms with Crippen LogP contribution in [0.4, 0.5) is 11.4 Å². The van der Waals surface area contributed by atoms with E-state index >= 15 is 0 Å². The van der Waals surface area contributed by atoms with Gasteiger partial charge in [0.25, 0.3) is 11.8 Å². The van der Waals surface area contributed by atoms with Crippen LogP contribution in [0.15, 0.2) is 84.6 Å². The van der Waals surface area contributed by atoms with Gasteiger partial charge >= 0.3 is 0 Å². The van der Waals surface area contributed by atoms with Gasteiger partial charge in [-0.25, -0.2) is 4.90 Å². The minimum atomic E-state index is -0.380. The zero-order valence-electron chi connectivity index (χ0n) is 16.8. The molecule has 4 nitrogen and oxygen atoms in total. The summed E-state index contributed by atoms with van der Waals surface area (Å²) < 4.78 is 0. The van der Waals surface area contributed by atoms with E-state index < -0.39 is 0 Å². The molecule has 0 N–H and O–H groups in total. The van der Waals surface area contributed by atoms with Crippen molar-refractivity contribution < 1.29 is 9.59 Å². The fraction of sp³-hybridized carbons (Fsp3) is 0.120. The van der Waals surface area contributed by atoms with E-state index in [0.29, 0.717) is 34.1 Å². The zero-order valence-corrected chi connectivity index (χ0v) is 17.6. The molecule has 0 aromatic heterocycles. The van der Waals surface area contributed by atoms with Gasteiger partial charge in [-0.15, -0.1) is 0 Å². The molecule has 30 heavy (non-hydrogen) atoms. The Bertz CT molecular complexity index is 1140. The number of amides is 2. The van der Waals surface area contributed by atoms with Gasteiger partial charge in [-0.1, -0.05) is 71.8 Å². The Kier molecular flexibility index (Phi) is 5.42. The zero-order chi connectivity index (χ0) is 21.3. The maximum atomic E-state index is 13.6. The van der Waals surface area contributed by atoms with Gasteiger partial charge in [0.2, 0.25) is 0 Å². The average molecular weight is 417 g/mol. The largest absolute Gasteiger partial charge is 0.337 e. The van der Waals surface area contributed by atoms with Gasteiger partial charge in [-0.2, -0.15) is 0 Å². The predicted molar refractivity (Wildman–Crippen MR) is 122 cm³/mol. The molecule has 1 aliphatic heterocycles. The van der Waals surface area contributed by atoms with Crippen LogP contribution in [0.3, 0.4) is 0 Å². The lowest BCUT2D eigenvalue weighted by Gasteiger charge is -2.25. The van der Waals surface area contributed by atoms with E-state index in [1.807, 2.05) is 73.3 Å². The lowest BCUT2D eigenvalue weighted by Crippen LogP contribution is -2.35. The maximum absolute atomic E-state index is 13.6. The highest BCUT2D eigenvalue weighted by Crippen LogP contribution is 2.38. The molecule has 0 unspecified atom stereocenters. The van der Waals surface area contributed by atoms with Crippen LogP contribution >= 0.6 is 11.6 Å². The molecule has 0 saturated carbocycles. The number of imide groups is 1. The van der Waals surface area contributed by atoms with E-state index in [9.17, 15) is 9.59 Å². The molecule has 3 aromatic carbocycles. The summed E-state index contributed by atoms with van der Waals surface area (Å²) in [5, 5.41) is 0.353. The molecule has 0 radical (unpaired) electrons. The average Bonchev–Trinajstić information content (AvgIpc) is 3.01. The number of hydrogen-bond donors (Lipinski definition) is 0. The molecule has 1 heterocycles. The van der Waals surface area contributed by atoms with E-state index in [1.54, 1.807) is 24.3 Å². The summed E-state index contributed by atoms with van der Waals surface area (Å²) in [5.41, 5.74) is 3.76. The van der Waals surface area contributed by atoms with Crippen molar-refractivity contribution in [3.8, 4) is 0 Å². The lowest BCUT2D eigenvalue weighted by molar-refractivity contribution is -0.120. The molecule has 4 rings (SSSR count). The number of likely N-dealkylation sites (N-methyl/N-ethyl adjacent to an activating group) is 1. The van der Waals surface area contributed by atoms with Gasteiger partial charge in [-0.05, 0) is 43.7 Å². The smallest absolute Gasteiger partial charge is 0.282 e. The third-order valence-electron chi connectivity index (χ3n) is 5.15. The summed E-state index contributed by atoms with van der Waals surface area (Å²) >= 11 is 6.35. The van der Waals surface area contributed by atoms with Crippen molar-refractivity contribution in [1.29, 1.82) is 0 Å². The molecule has 5 heteroatoms. The maximum Gasteiger partial charge on any atom is 0.282 e. The van der Waals surface area contributed by atoms with Gasteiger partial charge in [0, 0.05) is 12.2 Å². The van der Waals surface area contributed by atoms with Crippen molar-refractivity contribution in [2.24, 2.45) is 0 Å². The Hall–Kier alpha value is -3.37. The van der Waals surface area contributed by atoms with Crippen molar-refractivity contribution in [3.05, 3.63) is 101 Å². The number of anilines is 2. The van der Waals surface area contributed by atoms with Crippen LogP contribution in [0, 0.1) is 6.92 Å². The Balaban J connectivity index is 1.92. The van der Waals surface area contributed by atoms with Crippen LogP contribution in [-0.2, 0) is 9.59 Å². The van der Waals surface area contributed by atoms with Gasteiger partial charge < -0.3 is 4.90 Å². The minimum absolute atomic E-state index is 0.353. The van der Waals surface area contributed by atoms with Crippen molar-refractivity contribution in [2.45, 2.75) is 13.8 Å². The highest BCUT2D eigenvalue weighted by atomic mass is 35.5. The van der Waals surface area contributed by atoms with Crippen LogP contribution in [0.2, 0.25) is 5.02 Å². The SMILES string of the molecule is CCN(C1=C(c2ccc(C)cc2)C(=O)N(c2ccccc2Cl)C1=O)c1ccccc1. The van der Waals surface area contributed by atoms with Gasteiger partial charge in [0.1, 0.15) is 5.70 Å². The summed E-state index contributed by atoms with van der Waals surface area (Å²) in [6, 6.07) is 24.1. The molecule has 150 valence electrons. The molecular weight excluding hydrogens is 396 g/mol. The number of nitrogens with zero attached hydrogens (tertiary/aromatic N) is 2. The summed E-state index contributed by atoms with van der Waals surface area (Å²) in [6.07, 6.45) is 0. The molecule has 0 atom stereocenters. The monoisotopic (exact) mass is 416 g/mol. The van der Waals surface area contributed by atoms with Gasteiger partial charge in [-0.3, -0.25) is 9.59 Å². The molecule has 0 aliphatic carbocycles. The van der Waals surface area contributed by atoms with Gasteiger partial charge in [0.15, 0.2) is 0 Å². The molecule has 1 aliphatic rings. The van der Waals surface area contributed by atoms with Crippen LogP contribution in [0.25, 0.3) is 5.57 Å². The molecule has 0 bridgehead atoms.